The fraction of sp³-hybridized carbons (Fsp3) is 0. The quantitative estimate of drug-likeness (QED) is 0.375. The van der Waals surface area contributed by atoms with E-state index in [2.05, 4.69) is 6.58 Å². The van der Waals surface area contributed by atoms with Crippen molar-refractivity contribution in [3.63, 3.8) is 0 Å². The van der Waals surface area contributed by atoms with Crippen LogP contribution in [0.15, 0.2) is 12.7 Å². The maximum atomic E-state index is 9.92. The van der Waals surface area contributed by atoms with Gasteiger partial charge in [-0.15, -0.1) is 6.58 Å². The normalized spacial score (nSPS) is 7.57. The second-order valence-electron chi connectivity index (χ2n) is 0.878. The Hall–Kier alpha value is -0.830. The van der Waals surface area contributed by atoms with Gasteiger partial charge in [0.2, 0.25) is 0 Å². The molecule has 1 amide bonds. The molecule has 0 saturated carbocycles. The van der Waals surface area contributed by atoms with Gasteiger partial charge in [-0.1, -0.05) is 6.08 Å². The summed E-state index contributed by atoms with van der Waals surface area (Å²) < 4.78 is 0. The summed E-state index contributed by atoms with van der Waals surface area (Å²) in [6, 6.07) is 0. The molecule has 7 heavy (non-hydrogen) atoms. The summed E-state index contributed by atoms with van der Waals surface area (Å²) in [7, 11) is 0. The Morgan fingerprint density at radius 1 is 1.86 bits per heavy atom. The summed E-state index contributed by atoms with van der Waals surface area (Å²) in [4.78, 5) is 9.92. The van der Waals surface area contributed by atoms with Crippen LogP contribution in [0.25, 0.3) is 0 Å². The van der Waals surface area contributed by atoms with Gasteiger partial charge in [0.25, 0.3) is 5.91 Å². The SMILES string of the molecule is C=C[CH]C(=O)NO. The lowest BCUT2D eigenvalue weighted by molar-refractivity contribution is -0.125. The molecule has 3 nitrogen and oxygen atoms in total. The third-order valence-electron chi connectivity index (χ3n) is 0.379. The van der Waals surface area contributed by atoms with E-state index >= 15 is 0 Å². The van der Waals surface area contributed by atoms with Crippen molar-refractivity contribution in [1.82, 2.24) is 5.48 Å². The summed E-state index contributed by atoms with van der Waals surface area (Å²) in [6.07, 6.45) is 2.39. The Balaban J connectivity index is 3.17. The zero-order valence-corrected chi connectivity index (χ0v) is 3.72. The first-order valence-corrected chi connectivity index (χ1v) is 1.71. The highest BCUT2D eigenvalue weighted by atomic mass is 16.5. The number of hydroxylamine groups is 1. The predicted octanol–water partition coefficient (Wildman–Crippen LogP) is -0.118. The molecule has 0 aromatic rings. The van der Waals surface area contributed by atoms with Gasteiger partial charge in [0, 0.05) is 0 Å². The van der Waals surface area contributed by atoms with Crippen LogP contribution in [-0.4, -0.2) is 11.1 Å². The third kappa shape index (κ3) is 2.99. The molecule has 0 aromatic heterocycles. The average Bonchev–Trinajstić information content (AvgIpc) is 1.68. The maximum Gasteiger partial charge on any atom is 0.251 e. The van der Waals surface area contributed by atoms with Gasteiger partial charge in [-0.2, -0.15) is 0 Å². The van der Waals surface area contributed by atoms with Crippen molar-refractivity contribution in [2.75, 3.05) is 0 Å². The van der Waals surface area contributed by atoms with Gasteiger partial charge >= 0.3 is 0 Å². The standard InChI is InChI=1S/C4H6NO2/c1-2-3-4(6)5-7/h2-3,7H,1H2,(H,5,6). The molecule has 0 heterocycles. The van der Waals surface area contributed by atoms with Gasteiger partial charge in [-0.25, -0.2) is 5.48 Å². The minimum absolute atomic E-state index is 0.560. The summed E-state index contributed by atoms with van der Waals surface area (Å²) in [5.41, 5.74) is 1.40. The van der Waals surface area contributed by atoms with Crippen molar-refractivity contribution in [2.45, 2.75) is 0 Å². The van der Waals surface area contributed by atoms with E-state index in [-0.39, 0.29) is 0 Å². The largest absolute Gasteiger partial charge is 0.289 e. The number of hydrogen-bond acceptors (Lipinski definition) is 2. The Bertz CT molecular complexity index is 79.8. The highest BCUT2D eigenvalue weighted by molar-refractivity contribution is 5.85. The lowest BCUT2D eigenvalue weighted by Crippen LogP contribution is -2.17. The molecule has 0 spiro atoms. The minimum atomic E-state index is -0.560. The van der Waals surface area contributed by atoms with Crippen molar-refractivity contribution < 1.29 is 10.0 Å². The second kappa shape index (κ2) is 3.36. The molecular weight excluding hydrogens is 94.0 g/mol. The van der Waals surface area contributed by atoms with Crippen molar-refractivity contribution >= 4 is 5.91 Å². The van der Waals surface area contributed by atoms with Crippen molar-refractivity contribution in [2.24, 2.45) is 0 Å². The number of rotatable bonds is 2. The van der Waals surface area contributed by atoms with Gasteiger partial charge in [0.05, 0.1) is 6.42 Å². The van der Waals surface area contributed by atoms with E-state index in [1.807, 2.05) is 0 Å². The van der Waals surface area contributed by atoms with E-state index in [0.29, 0.717) is 0 Å². The van der Waals surface area contributed by atoms with Crippen LogP contribution >= 0.6 is 0 Å². The van der Waals surface area contributed by atoms with E-state index in [4.69, 9.17) is 5.21 Å². The molecule has 0 aromatic carbocycles. The van der Waals surface area contributed by atoms with Crippen LogP contribution in [0.5, 0.6) is 0 Å². The summed E-state index contributed by atoms with van der Waals surface area (Å²) in [5, 5.41) is 7.79. The molecule has 0 fully saturated rings. The predicted molar refractivity (Wildman–Crippen MR) is 24.4 cm³/mol. The molecular formula is C4H6NO2. The zero-order chi connectivity index (χ0) is 5.70. The van der Waals surface area contributed by atoms with Gasteiger partial charge < -0.3 is 0 Å². The summed E-state index contributed by atoms with van der Waals surface area (Å²) >= 11 is 0. The number of nitrogens with one attached hydrogen (secondary N) is 1. The maximum absolute atomic E-state index is 9.92. The van der Waals surface area contributed by atoms with E-state index in [1.54, 1.807) is 0 Å². The molecule has 0 saturated heterocycles. The molecule has 0 bridgehead atoms. The third-order valence-corrected chi connectivity index (χ3v) is 0.379. The van der Waals surface area contributed by atoms with Crippen LogP contribution in [0.2, 0.25) is 0 Å². The molecule has 0 atom stereocenters. The number of carbonyl (C=O) groups excluding carboxylic acids is 1. The van der Waals surface area contributed by atoms with Crippen molar-refractivity contribution in [1.29, 1.82) is 0 Å². The van der Waals surface area contributed by atoms with E-state index in [0.717, 1.165) is 6.42 Å². The molecule has 0 aliphatic rings. The van der Waals surface area contributed by atoms with Gasteiger partial charge in [-0.3, -0.25) is 10.0 Å². The first-order chi connectivity index (χ1) is 3.31. The monoisotopic (exact) mass is 100 g/mol. The first kappa shape index (κ1) is 6.17. The summed E-state index contributed by atoms with van der Waals surface area (Å²) in [5.74, 6) is -0.560. The Morgan fingerprint density at radius 2 is 2.43 bits per heavy atom. The smallest absolute Gasteiger partial charge is 0.251 e. The number of carbonyl (C=O) groups is 1. The Kier molecular flexibility index (Phi) is 2.96. The lowest BCUT2D eigenvalue weighted by Gasteiger charge is -1.86. The molecule has 3 heteroatoms. The minimum Gasteiger partial charge on any atom is -0.289 e. The van der Waals surface area contributed by atoms with Gasteiger partial charge in [0.15, 0.2) is 0 Å². The van der Waals surface area contributed by atoms with Crippen LogP contribution in [0, 0.1) is 6.42 Å². The van der Waals surface area contributed by atoms with Crippen LogP contribution in [0.4, 0.5) is 0 Å². The van der Waals surface area contributed by atoms with Crippen LogP contribution in [-0.2, 0) is 4.79 Å². The Labute approximate surface area is 41.6 Å². The Morgan fingerprint density at radius 3 is 2.57 bits per heavy atom. The lowest BCUT2D eigenvalue weighted by atomic mass is 10.4. The van der Waals surface area contributed by atoms with Crippen LogP contribution in [0.1, 0.15) is 0 Å². The molecule has 2 N–H and O–H groups in total. The van der Waals surface area contributed by atoms with Crippen molar-refractivity contribution in [3.8, 4) is 0 Å². The fourth-order valence-electron chi connectivity index (χ4n) is 0.144. The number of amides is 1. The highest BCUT2D eigenvalue weighted by Crippen LogP contribution is 1.72. The zero-order valence-electron chi connectivity index (χ0n) is 3.72. The highest BCUT2D eigenvalue weighted by Gasteiger charge is 1.89. The van der Waals surface area contributed by atoms with Gasteiger partial charge in [-0.05, 0) is 0 Å². The molecule has 1 radical (unpaired) electrons. The molecule has 0 unspecified atom stereocenters. The fourth-order valence-corrected chi connectivity index (χ4v) is 0.144. The van der Waals surface area contributed by atoms with E-state index in [1.165, 1.54) is 11.6 Å². The first-order valence-electron chi connectivity index (χ1n) is 1.71. The van der Waals surface area contributed by atoms with Crippen LogP contribution < -0.4 is 5.48 Å². The van der Waals surface area contributed by atoms with E-state index in [9.17, 15) is 4.79 Å². The van der Waals surface area contributed by atoms with Crippen molar-refractivity contribution in [3.05, 3.63) is 19.1 Å². The molecule has 39 valence electrons. The topological polar surface area (TPSA) is 49.3 Å². The molecule has 0 aliphatic carbocycles. The summed E-state index contributed by atoms with van der Waals surface area (Å²) in [6.45, 7) is 3.22. The van der Waals surface area contributed by atoms with E-state index < -0.39 is 5.91 Å². The van der Waals surface area contributed by atoms with Gasteiger partial charge in [0.1, 0.15) is 0 Å². The second-order valence-corrected chi connectivity index (χ2v) is 0.878. The average molecular weight is 100 g/mol. The molecule has 0 aliphatic heterocycles. The van der Waals surface area contributed by atoms with Crippen LogP contribution in [0.3, 0.4) is 0 Å². The molecule has 0 rings (SSSR count). The number of hydrogen-bond donors (Lipinski definition) is 2.